The molecule has 0 bridgehead atoms. The van der Waals surface area contributed by atoms with Crippen molar-refractivity contribution in [3.05, 3.63) is 93.9 Å². The van der Waals surface area contributed by atoms with E-state index in [0.717, 1.165) is 0 Å². The van der Waals surface area contributed by atoms with Crippen molar-refractivity contribution in [3.8, 4) is 11.8 Å². The van der Waals surface area contributed by atoms with Crippen molar-refractivity contribution in [1.29, 1.82) is 5.26 Å². The smallest absolute Gasteiger partial charge is 0.344 e. The van der Waals surface area contributed by atoms with Crippen LogP contribution >= 0.6 is 15.9 Å². The number of nitrogens with one attached hydrogen (secondary N) is 1. The molecule has 0 saturated carbocycles. The van der Waals surface area contributed by atoms with E-state index in [-0.39, 0.29) is 12.1 Å². The third-order valence-corrected chi connectivity index (χ3v) is 4.56. The Balaban J connectivity index is 1.65. The Morgan fingerprint density at radius 3 is 2.52 bits per heavy atom. The van der Waals surface area contributed by atoms with Gasteiger partial charge >= 0.3 is 5.97 Å². The maximum atomic E-state index is 12.2. The highest BCUT2D eigenvalue weighted by Crippen LogP contribution is 2.20. The summed E-state index contributed by atoms with van der Waals surface area (Å²) in [6, 6.07) is 18.8. The Bertz CT molecular complexity index is 1080. The van der Waals surface area contributed by atoms with Crippen molar-refractivity contribution < 1.29 is 18.7 Å². The van der Waals surface area contributed by atoms with Gasteiger partial charge in [-0.15, -0.1) is 0 Å². The number of nitrogens with zero attached hydrogens (tertiary/aromatic N) is 1. The van der Waals surface area contributed by atoms with Crippen LogP contribution in [0.15, 0.2) is 81.4 Å². The fourth-order valence-corrected chi connectivity index (χ4v) is 2.86. The van der Waals surface area contributed by atoms with Gasteiger partial charge in [-0.25, -0.2) is 4.79 Å². The van der Waals surface area contributed by atoms with Crippen LogP contribution in [0.2, 0.25) is 0 Å². The van der Waals surface area contributed by atoms with Crippen LogP contribution in [-0.2, 0) is 11.3 Å². The number of amides is 1. The van der Waals surface area contributed by atoms with Crippen LogP contribution < -0.4 is 10.1 Å². The molecule has 0 aliphatic heterocycles. The Labute approximate surface area is 175 Å². The third-order valence-electron chi connectivity index (χ3n) is 3.86. The predicted molar refractivity (Wildman–Crippen MR) is 110 cm³/mol. The quantitative estimate of drug-likeness (QED) is 0.258. The molecule has 1 N–H and O–H groups in total. The van der Waals surface area contributed by atoms with Crippen molar-refractivity contribution in [3.63, 3.8) is 0 Å². The normalized spacial score (nSPS) is 10.8. The van der Waals surface area contributed by atoms with Gasteiger partial charge in [0.05, 0.1) is 18.4 Å². The van der Waals surface area contributed by atoms with Crippen molar-refractivity contribution >= 4 is 33.9 Å². The average Bonchev–Trinajstić information content (AvgIpc) is 3.25. The molecule has 0 saturated heterocycles. The molecule has 144 valence electrons. The van der Waals surface area contributed by atoms with E-state index in [1.165, 1.54) is 12.3 Å². The highest BCUT2D eigenvalue weighted by molar-refractivity contribution is 9.10. The number of hydrogen-bond acceptors (Lipinski definition) is 5. The number of nitriles is 1. The minimum atomic E-state index is -0.506. The number of rotatable bonds is 6. The van der Waals surface area contributed by atoms with Crippen molar-refractivity contribution in [2.45, 2.75) is 6.54 Å². The van der Waals surface area contributed by atoms with E-state index in [1.807, 2.05) is 6.07 Å². The Morgan fingerprint density at radius 1 is 1.10 bits per heavy atom. The first-order valence-corrected chi connectivity index (χ1v) is 9.35. The van der Waals surface area contributed by atoms with Crippen LogP contribution in [0.25, 0.3) is 6.08 Å². The largest absolute Gasteiger partial charge is 0.467 e. The summed E-state index contributed by atoms with van der Waals surface area (Å²) in [6.07, 6.45) is 2.96. The summed E-state index contributed by atoms with van der Waals surface area (Å²) >= 11 is 3.31. The molecule has 0 fully saturated rings. The number of benzene rings is 2. The Morgan fingerprint density at radius 2 is 1.86 bits per heavy atom. The second-order valence-corrected chi connectivity index (χ2v) is 6.72. The van der Waals surface area contributed by atoms with Gasteiger partial charge in [0, 0.05) is 4.47 Å². The monoisotopic (exact) mass is 450 g/mol. The SMILES string of the molecule is N#CC(=Cc1ccc(OC(=O)c2ccccc2Br)cc1)C(=O)NCc1ccco1. The summed E-state index contributed by atoms with van der Waals surface area (Å²) in [5.74, 6) is -0.0559. The van der Waals surface area contributed by atoms with Crippen molar-refractivity contribution in [2.24, 2.45) is 0 Å². The lowest BCUT2D eigenvalue weighted by atomic mass is 10.1. The molecule has 0 radical (unpaired) electrons. The molecule has 3 aromatic rings. The van der Waals surface area contributed by atoms with E-state index < -0.39 is 11.9 Å². The Kier molecular flexibility index (Phi) is 6.61. The highest BCUT2D eigenvalue weighted by atomic mass is 79.9. The number of halogens is 1. The minimum absolute atomic E-state index is 0.0467. The second kappa shape index (κ2) is 9.53. The van der Waals surface area contributed by atoms with Crippen LogP contribution in [0.1, 0.15) is 21.7 Å². The zero-order valence-electron chi connectivity index (χ0n) is 15.1. The molecule has 0 atom stereocenters. The molecule has 0 spiro atoms. The summed E-state index contributed by atoms with van der Waals surface area (Å²) < 4.78 is 11.1. The zero-order chi connectivity index (χ0) is 20.6. The molecule has 3 rings (SSSR count). The first-order valence-electron chi connectivity index (χ1n) is 8.56. The zero-order valence-corrected chi connectivity index (χ0v) is 16.7. The summed E-state index contributed by atoms with van der Waals surface area (Å²) in [7, 11) is 0. The lowest BCUT2D eigenvalue weighted by Crippen LogP contribution is -2.23. The maximum absolute atomic E-state index is 12.2. The molecule has 6 nitrogen and oxygen atoms in total. The number of carbonyl (C=O) groups excluding carboxylic acids is 2. The summed E-state index contributed by atoms with van der Waals surface area (Å²) in [6.45, 7) is 0.189. The van der Waals surface area contributed by atoms with E-state index in [2.05, 4.69) is 21.2 Å². The lowest BCUT2D eigenvalue weighted by Gasteiger charge is -2.06. The van der Waals surface area contributed by atoms with Crippen molar-refractivity contribution in [1.82, 2.24) is 5.32 Å². The average molecular weight is 451 g/mol. The van der Waals surface area contributed by atoms with Gasteiger partial charge < -0.3 is 14.5 Å². The number of furan rings is 1. The molecular formula is C22H15BrN2O4. The fourth-order valence-electron chi connectivity index (χ4n) is 2.41. The predicted octanol–water partition coefficient (Wildman–Crippen LogP) is 4.48. The Hall–Kier alpha value is -3.63. The minimum Gasteiger partial charge on any atom is -0.467 e. The highest BCUT2D eigenvalue weighted by Gasteiger charge is 2.12. The van der Waals surface area contributed by atoms with Gasteiger partial charge in [-0.3, -0.25) is 4.79 Å². The first kappa shape index (κ1) is 20.1. The topological polar surface area (TPSA) is 92.3 Å². The number of hydrogen-bond donors (Lipinski definition) is 1. The molecule has 0 aliphatic rings. The second-order valence-electron chi connectivity index (χ2n) is 5.87. The van der Waals surface area contributed by atoms with Crippen LogP contribution in [-0.4, -0.2) is 11.9 Å². The van der Waals surface area contributed by atoms with Crippen LogP contribution in [0.4, 0.5) is 0 Å². The molecule has 1 aromatic heterocycles. The summed E-state index contributed by atoms with van der Waals surface area (Å²) in [4.78, 5) is 24.4. The van der Waals surface area contributed by atoms with E-state index >= 15 is 0 Å². The van der Waals surface area contributed by atoms with Gasteiger partial charge in [0.15, 0.2) is 0 Å². The van der Waals surface area contributed by atoms with E-state index in [1.54, 1.807) is 60.7 Å². The van der Waals surface area contributed by atoms with Gasteiger partial charge in [-0.1, -0.05) is 24.3 Å². The standard InChI is InChI=1S/C22H15BrN2O4/c23-20-6-2-1-5-19(20)22(27)29-17-9-7-15(8-10-17)12-16(13-24)21(26)25-14-18-4-3-11-28-18/h1-12H,14H2,(H,25,26). The number of ether oxygens (including phenoxy) is 1. The van der Waals surface area contributed by atoms with Crippen LogP contribution in [0.5, 0.6) is 5.75 Å². The molecule has 29 heavy (non-hydrogen) atoms. The summed E-state index contributed by atoms with van der Waals surface area (Å²) in [5, 5.41) is 11.9. The lowest BCUT2D eigenvalue weighted by molar-refractivity contribution is -0.117. The molecular weight excluding hydrogens is 436 g/mol. The van der Waals surface area contributed by atoms with Gasteiger partial charge in [0.1, 0.15) is 23.2 Å². The van der Waals surface area contributed by atoms with E-state index in [4.69, 9.17) is 9.15 Å². The molecule has 0 unspecified atom stereocenters. The van der Waals surface area contributed by atoms with Gasteiger partial charge in [0.25, 0.3) is 5.91 Å². The van der Waals surface area contributed by atoms with Gasteiger partial charge in [-0.05, 0) is 64.0 Å². The van der Waals surface area contributed by atoms with Crippen molar-refractivity contribution in [2.75, 3.05) is 0 Å². The molecule has 2 aromatic carbocycles. The maximum Gasteiger partial charge on any atom is 0.344 e. The first-order chi connectivity index (χ1) is 14.1. The number of esters is 1. The number of carbonyl (C=O) groups is 2. The molecule has 1 heterocycles. The van der Waals surface area contributed by atoms with E-state index in [0.29, 0.717) is 27.1 Å². The van der Waals surface area contributed by atoms with Gasteiger partial charge in [0.2, 0.25) is 0 Å². The fraction of sp³-hybridized carbons (Fsp3) is 0.0455. The van der Waals surface area contributed by atoms with E-state index in [9.17, 15) is 14.9 Å². The molecule has 1 amide bonds. The molecule has 0 aliphatic carbocycles. The third kappa shape index (κ3) is 5.43. The summed E-state index contributed by atoms with van der Waals surface area (Å²) in [5.41, 5.74) is 0.987. The molecule has 7 heteroatoms. The van der Waals surface area contributed by atoms with Gasteiger partial charge in [-0.2, -0.15) is 5.26 Å². The van der Waals surface area contributed by atoms with Crippen LogP contribution in [0, 0.1) is 11.3 Å². The van der Waals surface area contributed by atoms with Crippen LogP contribution in [0.3, 0.4) is 0 Å².